The minimum Gasteiger partial charge on any atom is -0.480 e. The summed E-state index contributed by atoms with van der Waals surface area (Å²) >= 11 is 1.45. The summed E-state index contributed by atoms with van der Waals surface area (Å²) in [5.41, 5.74) is 13.1. The lowest BCUT2D eigenvalue weighted by molar-refractivity contribution is -0.140. The van der Waals surface area contributed by atoms with Crippen LogP contribution in [-0.4, -0.2) is 272 Å². The predicted molar refractivity (Wildman–Crippen MR) is 378 cm³/mol. The van der Waals surface area contributed by atoms with Gasteiger partial charge in [0.25, 0.3) is 5.91 Å². The number of fused-ring (bicyclic) bond motifs is 1. The predicted octanol–water partition coefficient (Wildman–Crippen LogP) is -3.18. The number of amides is 11. The molecule has 0 spiro atoms. The number of nitrogens with one attached hydrogen (secondary N) is 11. The smallest absolute Gasteiger partial charge is 0.317 e. The molecule has 35 nitrogen and oxygen atoms in total. The molecule has 1 unspecified atom stereocenters. The average Bonchev–Trinajstić information content (AvgIpc) is 1.74. The number of carboxylic acids is 3. The molecule has 2 aromatic carbocycles. The first-order valence-corrected chi connectivity index (χ1v) is 35.2. The molecule has 5 rings (SSSR count). The van der Waals surface area contributed by atoms with E-state index >= 15 is 0 Å². The zero-order valence-electron chi connectivity index (χ0n) is 58.8. The van der Waals surface area contributed by atoms with Crippen LogP contribution in [0.4, 0.5) is 0 Å². The third-order valence-corrected chi connectivity index (χ3v) is 17.5. The Balaban J connectivity index is 1.27. The maximum absolute atomic E-state index is 14.6. The third kappa shape index (κ3) is 29.5. The highest BCUT2D eigenvalue weighted by Gasteiger charge is 2.35. The summed E-state index contributed by atoms with van der Waals surface area (Å²) in [5.74, 6) is -12.2. The number of primary amides is 2. The van der Waals surface area contributed by atoms with Crippen LogP contribution in [0.3, 0.4) is 0 Å². The van der Waals surface area contributed by atoms with Gasteiger partial charge < -0.3 is 84.6 Å². The Morgan fingerprint density at radius 2 is 1.08 bits per heavy atom. The van der Waals surface area contributed by atoms with E-state index in [1.165, 1.54) is 43.3 Å². The van der Waals surface area contributed by atoms with E-state index in [2.05, 4.69) is 62.8 Å². The topological polar surface area (TPSA) is 517 Å². The van der Waals surface area contributed by atoms with Gasteiger partial charge in [-0.25, -0.2) is 4.98 Å². The molecule has 36 heteroatoms. The molecule has 103 heavy (non-hydrogen) atoms. The number of thioether (sulfide) groups is 1. The summed E-state index contributed by atoms with van der Waals surface area (Å²) in [5, 5.41) is 53.3. The number of hydrogen-bond donors (Lipinski definition) is 16. The van der Waals surface area contributed by atoms with Crippen LogP contribution in [0.15, 0.2) is 67.3 Å². The van der Waals surface area contributed by atoms with Gasteiger partial charge in [0.15, 0.2) is 0 Å². The summed E-state index contributed by atoms with van der Waals surface area (Å²) in [6.45, 7) is 7.32. The molecule has 0 saturated carbocycles. The number of para-hydroxylation sites is 1. The molecule has 564 valence electrons. The molecule has 1 aliphatic heterocycles. The van der Waals surface area contributed by atoms with Crippen LogP contribution >= 0.6 is 11.8 Å². The summed E-state index contributed by atoms with van der Waals surface area (Å²) in [6, 6.07) is 4.08. The van der Waals surface area contributed by atoms with Crippen molar-refractivity contribution in [1.29, 1.82) is 0 Å². The molecule has 0 aliphatic carbocycles. The van der Waals surface area contributed by atoms with Crippen molar-refractivity contribution in [1.82, 2.24) is 82.4 Å². The Morgan fingerprint density at radius 3 is 1.63 bits per heavy atom. The van der Waals surface area contributed by atoms with E-state index < -0.39 is 144 Å². The van der Waals surface area contributed by atoms with E-state index in [4.69, 9.17) is 11.5 Å². The number of aliphatic carboxylic acids is 3. The molecule has 0 radical (unpaired) electrons. The Bertz CT molecular complexity index is 3540. The fraction of sp³-hybridized carbons (Fsp3) is 0.537. The van der Waals surface area contributed by atoms with E-state index in [0.717, 1.165) is 0 Å². The Labute approximate surface area is 600 Å². The minimum absolute atomic E-state index is 0.00546. The van der Waals surface area contributed by atoms with Crippen molar-refractivity contribution in [2.24, 2.45) is 23.3 Å². The highest BCUT2D eigenvalue weighted by molar-refractivity contribution is 7.98. The molecule has 7 atom stereocenters. The highest BCUT2D eigenvalue weighted by atomic mass is 32.2. The second-order valence-corrected chi connectivity index (χ2v) is 26.9. The van der Waals surface area contributed by atoms with Crippen molar-refractivity contribution in [3.63, 3.8) is 0 Å². The van der Waals surface area contributed by atoms with Gasteiger partial charge in [0.2, 0.25) is 59.1 Å². The SMILES string of the molecule is CSCC[C@H](NC(=O)[C@H](CC(C)C)NC(=O)[C@H](Cc1cnc[nH]1)NC(=O)CNC(=O)[C@@H](NC(=O)[C@H](C)NC(=O)[C@H](Cc1c[nH]c2ccccc12)NC(=O)C(CCC(N)=O)NC(=O)c1ccccc1CNC(=O)CN1CCN(CC(=O)O)CCN(CC(=O)O)CCN(CC(=O)O)CC1)C(C)C)C(N)=O. The van der Waals surface area contributed by atoms with E-state index in [-0.39, 0.29) is 134 Å². The lowest BCUT2D eigenvalue weighted by Crippen LogP contribution is -2.59. The van der Waals surface area contributed by atoms with E-state index in [9.17, 15) is 82.4 Å². The highest BCUT2D eigenvalue weighted by Crippen LogP contribution is 2.20. The summed E-state index contributed by atoms with van der Waals surface area (Å²) in [6.07, 6.45) is 5.60. The first-order valence-electron chi connectivity index (χ1n) is 33.8. The zero-order chi connectivity index (χ0) is 75.9. The van der Waals surface area contributed by atoms with Gasteiger partial charge >= 0.3 is 17.9 Å². The van der Waals surface area contributed by atoms with Crippen LogP contribution in [0.5, 0.6) is 0 Å². The average molecular weight is 1460 g/mol. The van der Waals surface area contributed by atoms with Gasteiger partial charge in [-0.1, -0.05) is 64.1 Å². The Kier molecular flexibility index (Phi) is 34.4. The Morgan fingerprint density at radius 1 is 0.544 bits per heavy atom. The molecular formula is C67H98N18O17S. The van der Waals surface area contributed by atoms with Crippen LogP contribution in [0.1, 0.15) is 87.5 Å². The van der Waals surface area contributed by atoms with Crippen molar-refractivity contribution >= 4 is 106 Å². The van der Waals surface area contributed by atoms with Gasteiger partial charge in [0, 0.05) is 113 Å². The standard InChI is InChI=1S/C67H98N18O17S/c1-39(2)27-50(65(100)77-48(60(69)95)17-26-103-6)79-66(101)52(29-44-32-70-38-74-44)76-54(87)33-73-67(102)59(40(3)4)81-61(96)41(5)75-64(99)51(28-43-31-71-47-14-10-9-12-45(43)47)80-63(98)49(15-16-53(68)86)78-62(97)46-13-8-7-11-42(46)30-72-55(88)34-82-18-20-83(35-56(89)90)22-24-85(37-58(93)94)25-23-84(21-19-82)36-57(91)92/h7-14,31-32,38-41,48-52,59,71H,15-30,33-37H2,1-6H3,(H2,68,86)(H2,69,95)(H,70,74)(H,72,88)(H,73,102)(H,75,99)(H,76,87)(H,77,100)(H,78,97)(H,79,101)(H,80,98)(H,81,96)(H,89,90)(H,91,92)(H,93,94)/t41-,48-,49?,50-,51-,52-,59-/m0/s1. The number of imidazole rings is 1. The van der Waals surface area contributed by atoms with Gasteiger partial charge in [-0.05, 0) is 73.3 Å². The quantitative estimate of drug-likeness (QED) is 0.0209. The molecule has 0 bridgehead atoms. The number of aromatic nitrogens is 3. The molecule has 18 N–H and O–H groups in total. The van der Waals surface area contributed by atoms with Crippen LogP contribution in [-0.2, 0) is 81.7 Å². The van der Waals surface area contributed by atoms with Crippen molar-refractivity contribution in [2.45, 2.75) is 122 Å². The molecule has 2 aromatic heterocycles. The van der Waals surface area contributed by atoms with Gasteiger partial charge in [0.05, 0.1) is 39.1 Å². The summed E-state index contributed by atoms with van der Waals surface area (Å²) in [7, 11) is 0. The fourth-order valence-corrected chi connectivity index (χ4v) is 11.7. The lowest BCUT2D eigenvalue weighted by Gasteiger charge is -2.32. The van der Waals surface area contributed by atoms with Crippen molar-refractivity contribution in [3.8, 4) is 0 Å². The molecule has 4 aromatic rings. The maximum Gasteiger partial charge on any atom is 0.317 e. The van der Waals surface area contributed by atoms with Gasteiger partial charge in [-0.2, -0.15) is 11.8 Å². The minimum atomic E-state index is -1.53. The molecule has 3 heterocycles. The van der Waals surface area contributed by atoms with Crippen molar-refractivity contribution in [3.05, 3.63) is 89.6 Å². The number of carbonyl (C=O) groups excluding carboxylic acids is 11. The maximum atomic E-state index is 14.6. The van der Waals surface area contributed by atoms with Gasteiger partial charge in [-0.3, -0.25) is 86.7 Å². The number of carboxylic acid groups (broad SMARTS) is 3. The number of rotatable bonds is 40. The van der Waals surface area contributed by atoms with E-state index in [1.54, 1.807) is 76.0 Å². The molecule has 1 saturated heterocycles. The largest absolute Gasteiger partial charge is 0.480 e. The van der Waals surface area contributed by atoms with Gasteiger partial charge in [0.1, 0.15) is 42.3 Å². The number of carbonyl (C=O) groups is 14. The van der Waals surface area contributed by atoms with Crippen LogP contribution in [0, 0.1) is 11.8 Å². The van der Waals surface area contributed by atoms with Crippen molar-refractivity contribution in [2.75, 3.05) is 97.1 Å². The third-order valence-electron chi connectivity index (χ3n) is 16.8. The second kappa shape index (κ2) is 42.4. The summed E-state index contributed by atoms with van der Waals surface area (Å²) in [4.78, 5) is 203. The number of nitrogens with zero attached hydrogens (tertiary/aromatic N) is 5. The molecular weight excluding hydrogens is 1360 g/mol. The Hall–Kier alpha value is -10.0. The molecule has 1 fully saturated rings. The van der Waals surface area contributed by atoms with Crippen LogP contribution < -0.4 is 59.3 Å². The van der Waals surface area contributed by atoms with E-state index in [1.807, 2.05) is 20.1 Å². The number of hydrogen-bond acceptors (Lipinski definition) is 20. The number of H-pyrrole nitrogens is 2. The van der Waals surface area contributed by atoms with Crippen LogP contribution in [0.25, 0.3) is 10.9 Å². The van der Waals surface area contributed by atoms with E-state index in [0.29, 0.717) is 27.9 Å². The first-order chi connectivity index (χ1) is 48.9. The van der Waals surface area contributed by atoms with Gasteiger partial charge in [-0.15, -0.1) is 0 Å². The monoisotopic (exact) mass is 1460 g/mol. The number of aromatic amines is 2. The van der Waals surface area contributed by atoms with Crippen molar-refractivity contribution < 1.29 is 82.4 Å². The lowest BCUT2D eigenvalue weighted by atomic mass is 10.0. The first kappa shape index (κ1) is 83.6. The number of benzene rings is 2. The van der Waals surface area contributed by atoms with Crippen LogP contribution in [0.2, 0.25) is 0 Å². The second-order valence-electron chi connectivity index (χ2n) is 25.9. The molecule has 11 amide bonds. The zero-order valence-corrected chi connectivity index (χ0v) is 59.6. The molecule has 1 aliphatic rings. The normalized spacial score (nSPS) is 15.6. The summed E-state index contributed by atoms with van der Waals surface area (Å²) < 4.78 is 0. The number of nitrogens with two attached hydrogens (primary N) is 2. The fourth-order valence-electron chi connectivity index (χ4n) is 11.2.